The minimum absolute atomic E-state index is 0.202. The lowest BCUT2D eigenvalue weighted by molar-refractivity contribution is -0.116. The highest BCUT2D eigenvalue weighted by Gasteiger charge is 2.37. The number of nitrogens with zero attached hydrogens (tertiary/aromatic N) is 2. The quantitative estimate of drug-likeness (QED) is 0.477. The van der Waals surface area contributed by atoms with Crippen LogP contribution in [0.15, 0.2) is 62.6 Å². The summed E-state index contributed by atoms with van der Waals surface area (Å²) < 4.78 is 3.39. The molecule has 150 valence electrons. The van der Waals surface area contributed by atoms with Crippen molar-refractivity contribution >= 4 is 38.6 Å². The predicted octanol–water partition coefficient (Wildman–Crippen LogP) is 3.08. The average molecular weight is 465 g/mol. The summed E-state index contributed by atoms with van der Waals surface area (Å²) in [4.78, 5) is 42.0. The Hall–Kier alpha value is -3.39. The number of aryl methyl sites for hydroxylation is 1. The maximum Gasteiger partial charge on any atom is 0.332 e. The van der Waals surface area contributed by atoms with Crippen LogP contribution >= 0.6 is 15.9 Å². The first-order valence-corrected chi connectivity index (χ1v) is 10.1. The lowest BCUT2D eigenvalue weighted by Gasteiger charge is -2.12. The van der Waals surface area contributed by atoms with E-state index < -0.39 is 17.2 Å². The van der Waals surface area contributed by atoms with Crippen molar-refractivity contribution < 1.29 is 4.79 Å². The number of H-pyrrole nitrogens is 1. The fourth-order valence-corrected chi connectivity index (χ4v) is 4.44. The van der Waals surface area contributed by atoms with Gasteiger partial charge in [-0.2, -0.15) is 0 Å². The molecule has 30 heavy (non-hydrogen) atoms. The summed E-state index contributed by atoms with van der Waals surface area (Å²) in [5, 5.41) is 3.25. The van der Waals surface area contributed by atoms with Gasteiger partial charge in [0.2, 0.25) is 5.91 Å². The van der Waals surface area contributed by atoms with Gasteiger partial charge in [0.05, 0.1) is 17.0 Å². The Morgan fingerprint density at radius 2 is 1.63 bits per heavy atom. The fourth-order valence-electron chi connectivity index (χ4n) is 4.17. The third-order valence-electron chi connectivity index (χ3n) is 5.66. The van der Waals surface area contributed by atoms with Crippen LogP contribution in [0.5, 0.6) is 0 Å². The highest BCUT2D eigenvalue weighted by Crippen LogP contribution is 2.43. The molecule has 3 heterocycles. The number of benzene rings is 2. The topological polar surface area (TPSA) is 88.9 Å². The molecule has 8 heteroatoms. The number of amides is 1. The zero-order valence-electron chi connectivity index (χ0n) is 16.2. The van der Waals surface area contributed by atoms with Gasteiger partial charge < -0.3 is 10.3 Å². The van der Waals surface area contributed by atoms with Gasteiger partial charge in [0, 0.05) is 29.8 Å². The number of para-hydroxylation sites is 1. The van der Waals surface area contributed by atoms with E-state index in [1.807, 2.05) is 48.5 Å². The number of nitrogens with one attached hydrogen (secondary N) is 2. The van der Waals surface area contributed by atoms with Gasteiger partial charge >= 0.3 is 5.69 Å². The van der Waals surface area contributed by atoms with Crippen molar-refractivity contribution in [2.45, 2.75) is 5.92 Å². The van der Waals surface area contributed by atoms with Crippen LogP contribution in [0.25, 0.3) is 22.3 Å². The van der Waals surface area contributed by atoms with Crippen molar-refractivity contribution in [2.75, 3.05) is 5.32 Å². The molecule has 5 rings (SSSR count). The maximum absolute atomic E-state index is 13.2. The molecule has 2 aromatic heterocycles. The van der Waals surface area contributed by atoms with E-state index in [1.54, 1.807) is 7.05 Å². The van der Waals surface area contributed by atoms with Gasteiger partial charge in [0.25, 0.3) is 5.56 Å². The number of aromatic amines is 1. The molecule has 0 fully saturated rings. The summed E-state index contributed by atoms with van der Waals surface area (Å²) in [7, 11) is 3.06. The third kappa shape index (κ3) is 2.53. The minimum Gasteiger partial charge on any atom is -0.340 e. The first kappa shape index (κ1) is 18.6. The zero-order valence-corrected chi connectivity index (χ0v) is 17.8. The number of carbonyl (C=O) groups excluding carboxylic acids is 1. The van der Waals surface area contributed by atoms with E-state index in [9.17, 15) is 14.4 Å². The van der Waals surface area contributed by atoms with Crippen molar-refractivity contribution in [1.29, 1.82) is 0 Å². The van der Waals surface area contributed by atoms with E-state index in [0.29, 0.717) is 22.3 Å². The first-order valence-electron chi connectivity index (χ1n) is 9.35. The lowest BCUT2D eigenvalue weighted by Crippen LogP contribution is -2.37. The second-order valence-corrected chi connectivity index (χ2v) is 8.28. The van der Waals surface area contributed by atoms with Crippen molar-refractivity contribution in [2.24, 2.45) is 14.1 Å². The van der Waals surface area contributed by atoms with Gasteiger partial charge in [0.15, 0.2) is 0 Å². The molecule has 1 atom stereocenters. The first-order chi connectivity index (χ1) is 14.4. The van der Waals surface area contributed by atoms with Gasteiger partial charge in [0.1, 0.15) is 5.65 Å². The van der Waals surface area contributed by atoms with E-state index in [-0.39, 0.29) is 5.91 Å². The highest BCUT2D eigenvalue weighted by atomic mass is 79.9. The van der Waals surface area contributed by atoms with Crippen molar-refractivity contribution in [3.63, 3.8) is 0 Å². The van der Waals surface area contributed by atoms with E-state index in [2.05, 4.69) is 26.2 Å². The lowest BCUT2D eigenvalue weighted by atomic mass is 9.89. The van der Waals surface area contributed by atoms with Crippen molar-refractivity contribution in [3.8, 4) is 11.3 Å². The zero-order chi connectivity index (χ0) is 21.2. The molecule has 0 spiro atoms. The summed E-state index contributed by atoms with van der Waals surface area (Å²) in [5.74, 6) is -0.870. The van der Waals surface area contributed by atoms with Gasteiger partial charge in [-0.15, -0.1) is 0 Å². The Bertz CT molecular complexity index is 1460. The molecule has 0 aliphatic carbocycles. The molecule has 1 amide bonds. The largest absolute Gasteiger partial charge is 0.340 e. The number of hydrogen-bond donors (Lipinski definition) is 2. The molecule has 7 nitrogen and oxygen atoms in total. The standard InChI is InChI=1S/C22H17BrN4O3/c1-26-19-17(21(29)27(2)22(26)30)16(18(25-19)11-7-9-12(23)10-8-11)15-13-5-3-4-6-14(13)24-20(15)28/h3-10,15,25H,1-2H3,(H,24,28)/t15-/m1/s1. The molecular formula is C22H17BrN4O3. The number of anilines is 1. The maximum atomic E-state index is 13.2. The summed E-state index contributed by atoms with van der Waals surface area (Å²) in [5.41, 5.74) is 3.10. The Morgan fingerprint density at radius 3 is 2.37 bits per heavy atom. The van der Waals surface area contributed by atoms with Crippen LogP contribution in [-0.4, -0.2) is 20.0 Å². The monoisotopic (exact) mass is 464 g/mol. The molecule has 2 N–H and O–H groups in total. The van der Waals surface area contributed by atoms with Gasteiger partial charge in [-0.1, -0.05) is 46.3 Å². The van der Waals surface area contributed by atoms with Crippen LogP contribution in [0.4, 0.5) is 5.69 Å². The Morgan fingerprint density at radius 1 is 0.933 bits per heavy atom. The van der Waals surface area contributed by atoms with Crippen molar-refractivity contribution in [3.05, 3.63) is 85.0 Å². The van der Waals surface area contributed by atoms with E-state index in [0.717, 1.165) is 25.9 Å². The molecule has 1 aliphatic heterocycles. The normalized spacial score (nSPS) is 15.4. The molecule has 0 bridgehead atoms. The number of fused-ring (bicyclic) bond motifs is 2. The molecule has 0 unspecified atom stereocenters. The molecule has 0 radical (unpaired) electrons. The van der Waals surface area contributed by atoms with E-state index >= 15 is 0 Å². The molecule has 1 aliphatic rings. The summed E-state index contributed by atoms with van der Waals surface area (Å²) in [6.45, 7) is 0. The van der Waals surface area contributed by atoms with Crippen LogP contribution in [-0.2, 0) is 18.9 Å². The highest BCUT2D eigenvalue weighted by molar-refractivity contribution is 9.10. The average Bonchev–Trinajstić information content (AvgIpc) is 3.28. The van der Waals surface area contributed by atoms with Crippen LogP contribution in [0.2, 0.25) is 0 Å². The fraction of sp³-hybridized carbons (Fsp3) is 0.136. The van der Waals surface area contributed by atoms with E-state index in [4.69, 9.17) is 0 Å². The number of carbonyl (C=O) groups is 1. The third-order valence-corrected chi connectivity index (χ3v) is 6.19. The van der Waals surface area contributed by atoms with Crippen LogP contribution in [0.1, 0.15) is 17.0 Å². The predicted molar refractivity (Wildman–Crippen MR) is 119 cm³/mol. The second-order valence-electron chi connectivity index (χ2n) is 7.36. The Balaban J connectivity index is 1.94. The Kier molecular flexibility index (Phi) is 4.08. The second kappa shape index (κ2) is 6.56. The molecule has 0 saturated carbocycles. The number of rotatable bonds is 2. The molecule has 4 aromatic rings. The van der Waals surface area contributed by atoms with Crippen LogP contribution < -0.4 is 16.6 Å². The smallest absolute Gasteiger partial charge is 0.332 e. The number of halogens is 1. The van der Waals surface area contributed by atoms with Crippen LogP contribution in [0.3, 0.4) is 0 Å². The minimum atomic E-state index is -0.668. The number of aromatic nitrogens is 3. The van der Waals surface area contributed by atoms with Crippen LogP contribution in [0, 0.1) is 0 Å². The molecule has 0 saturated heterocycles. The van der Waals surface area contributed by atoms with E-state index in [1.165, 1.54) is 11.6 Å². The molecule has 2 aromatic carbocycles. The summed E-state index contributed by atoms with van der Waals surface area (Å²) >= 11 is 3.44. The van der Waals surface area contributed by atoms with Gasteiger partial charge in [-0.3, -0.25) is 18.7 Å². The summed E-state index contributed by atoms with van der Waals surface area (Å²) in [6, 6.07) is 15.0. The van der Waals surface area contributed by atoms with Crippen molar-refractivity contribution in [1.82, 2.24) is 14.1 Å². The van der Waals surface area contributed by atoms with Gasteiger partial charge in [-0.05, 0) is 29.3 Å². The molecular weight excluding hydrogens is 448 g/mol. The Labute approximate surface area is 179 Å². The number of hydrogen-bond acceptors (Lipinski definition) is 3. The van der Waals surface area contributed by atoms with Gasteiger partial charge in [-0.25, -0.2) is 4.79 Å². The SMILES string of the molecule is Cn1c(=O)c2c([C@@H]3C(=O)Nc4ccccc43)c(-c3ccc(Br)cc3)[nH]c2n(C)c1=O. The summed E-state index contributed by atoms with van der Waals surface area (Å²) in [6.07, 6.45) is 0.